The number of fused-ring (bicyclic) bond motifs is 2. The smallest absolute Gasteiger partial charge is 0.338 e. The van der Waals surface area contributed by atoms with Crippen LogP contribution in [0.5, 0.6) is 5.75 Å². The van der Waals surface area contributed by atoms with Crippen LogP contribution in [0.1, 0.15) is 36.6 Å². The number of carbonyl (C=O) groups excluding carboxylic acids is 2. The van der Waals surface area contributed by atoms with Crippen LogP contribution in [-0.4, -0.2) is 30.2 Å². The van der Waals surface area contributed by atoms with E-state index in [1.54, 1.807) is 43.0 Å². The molecule has 1 atom stereocenters. The Hall–Kier alpha value is -4.18. The fraction of sp³-hybridized carbons (Fsp3) is 0.188. The number of anilines is 1. The number of esters is 1. The lowest BCUT2D eigenvalue weighted by molar-refractivity contribution is -0.139. The molecule has 3 aromatic carbocycles. The third-order valence-electron chi connectivity index (χ3n) is 7.42. The van der Waals surface area contributed by atoms with E-state index in [1.807, 2.05) is 42.5 Å². The van der Waals surface area contributed by atoms with Gasteiger partial charge in [-0.05, 0) is 49.7 Å². The zero-order valence-corrected chi connectivity index (χ0v) is 25.7. The second-order valence-corrected chi connectivity index (χ2v) is 11.7. The van der Waals surface area contributed by atoms with Crippen LogP contribution >= 0.6 is 34.5 Å². The first-order valence-electron chi connectivity index (χ1n) is 13.5. The van der Waals surface area contributed by atoms with Crippen LogP contribution in [0.25, 0.3) is 5.57 Å². The fourth-order valence-corrected chi connectivity index (χ4v) is 7.02. The van der Waals surface area contributed by atoms with E-state index in [2.05, 4.69) is 4.99 Å². The molecule has 0 bridgehead atoms. The van der Waals surface area contributed by atoms with Gasteiger partial charge in [0, 0.05) is 21.2 Å². The van der Waals surface area contributed by atoms with Crippen LogP contribution in [0.15, 0.2) is 87.8 Å². The molecule has 2 aliphatic rings. The second-order valence-electron chi connectivity index (χ2n) is 9.88. The number of hydrogen-bond acceptors (Lipinski definition) is 7. The normalized spacial score (nSPS) is 17.0. The summed E-state index contributed by atoms with van der Waals surface area (Å²) >= 11 is 13.9. The van der Waals surface area contributed by atoms with Gasteiger partial charge in [0.2, 0.25) is 0 Å². The van der Waals surface area contributed by atoms with E-state index in [9.17, 15) is 14.4 Å². The molecule has 3 heterocycles. The summed E-state index contributed by atoms with van der Waals surface area (Å²) in [5.41, 5.74) is 2.94. The molecule has 0 aliphatic carbocycles. The summed E-state index contributed by atoms with van der Waals surface area (Å²) in [6.45, 7) is 3.76. The van der Waals surface area contributed by atoms with Gasteiger partial charge in [-0.2, -0.15) is 0 Å². The first-order chi connectivity index (χ1) is 20.7. The molecule has 0 N–H and O–H groups in total. The van der Waals surface area contributed by atoms with Gasteiger partial charge in [-0.1, -0.05) is 70.9 Å². The van der Waals surface area contributed by atoms with E-state index >= 15 is 0 Å². The molecule has 0 fully saturated rings. The van der Waals surface area contributed by atoms with Crippen molar-refractivity contribution in [2.24, 2.45) is 4.99 Å². The minimum absolute atomic E-state index is 0.135. The minimum atomic E-state index is -0.954. The van der Waals surface area contributed by atoms with E-state index in [-0.39, 0.29) is 34.7 Å². The molecule has 1 amide bonds. The van der Waals surface area contributed by atoms with Crippen molar-refractivity contribution in [3.8, 4) is 5.75 Å². The van der Waals surface area contributed by atoms with Gasteiger partial charge in [-0.3, -0.25) is 14.2 Å². The van der Waals surface area contributed by atoms with Gasteiger partial charge in [0.1, 0.15) is 16.3 Å². The molecular weight excluding hydrogens is 609 g/mol. The molecule has 218 valence electrons. The standard InChI is InChI=1S/C32H25Cl2N3O5S/c1-4-42-31(40)25-17(2)35-32-37(27(25)21-15-19(33)13-14-24(21)41-3)30(39)28(43-32)26-20-10-6-8-12-23(20)36(29(26)38)16-18-9-5-7-11-22(18)34/h5-15,27H,4,16H2,1-3H3/b28-26-/t27-/m0/s1. The van der Waals surface area contributed by atoms with E-state index in [0.717, 1.165) is 16.9 Å². The van der Waals surface area contributed by atoms with Crippen molar-refractivity contribution >= 4 is 57.7 Å². The molecule has 11 heteroatoms. The van der Waals surface area contributed by atoms with Crippen LogP contribution in [0.3, 0.4) is 0 Å². The lowest BCUT2D eigenvalue weighted by Gasteiger charge is -2.26. The maximum absolute atomic E-state index is 14.4. The van der Waals surface area contributed by atoms with Gasteiger partial charge >= 0.3 is 5.97 Å². The van der Waals surface area contributed by atoms with Crippen LogP contribution in [0.4, 0.5) is 5.69 Å². The number of allylic oxidation sites excluding steroid dienone is 1. The van der Waals surface area contributed by atoms with Gasteiger partial charge in [0.05, 0.1) is 42.8 Å². The molecule has 43 heavy (non-hydrogen) atoms. The fourth-order valence-electron chi connectivity index (χ4n) is 5.51. The Balaban J connectivity index is 1.61. The molecule has 1 aromatic heterocycles. The SMILES string of the molecule is CCOC(=O)C1=C(C)N=c2s/c(=C3\C(=O)N(Cc4ccccc4Cl)c4ccccc43)c(=O)n2[C@H]1c1cc(Cl)ccc1OC. The Morgan fingerprint density at radius 3 is 2.53 bits per heavy atom. The summed E-state index contributed by atoms with van der Waals surface area (Å²) in [4.78, 5) is 48.5. The summed E-state index contributed by atoms with van der Waals surface area (Å²) in [5.74, 6) is -0.510. The van der Waals surface area contributed by atoms with Crippen LogP contribution in [0, 0.1) is 0 Å². The van der Waals surface area contributed by atoms with Crippen molar-refractivity contribution < 1.29 is 19.1 Å². The summed E-state index contributed by atoms with van der Waals surface area (Å²) in [5, 5.41) is 0.937. The summed E-state index contributed by atoms with van der Waals surface area (Å²) < 4.78 is 12.7. The zero-order chi connectivity index (χ0) is 30.4. The van der Waals surface area contributed by atoms with Crippen molar-refractivity contribution in [1.29, 1.82) is 0 Å². The zero-order valence-electron chi connectivity index (χ0n) is 23.4. The maximum Gasteiger partial charge on any atom is 0.338 e. The number of thiazole rings is 1. The number of nitrogens with zero attached hydrogens (tertiary/aromatic N) is 3. The third kappa shape index (κ3) is 4.87. The van der Waals surface area contributed by atoms with E-state index in [1.165, 1.54) is 11.7 Å². The highest BCUT2D eigenvalue weighted by atomic mass is 35.5. The van der Waals surface area contributed by atoms with Crippen molar-refractivity contribution in [3.63, 3.8) is 0 Å². The number of rotatable bonds is 6. The number of halogens is 2. The number of ether oxygens (including phenoxy) is 2. The average Bonchev–Trinajstić information content (AvgIpc) is 3.45. The highest BCUT2D eigenvalue weighted by molar-refractivity contribution is 7.07. The molecule has 0 unspecified atom stereocenters. The first kappa shape index (κ1) is 28.9. The van der Waals surface area contributed by atoms with Gasteiger partial charge < -0.3 is 14.4 Å². The van der Waals surface area contributed by atoms with E-state index < -0.39 is 17.6 Å². The Labute approximate surface area is 260 Å². The van der Waals surface area contributed by atoms with Crippen molar-refractivity contribution in [2.75, 3.05) is 18.6 Å². The second kappa shape index (κ2) is 11.5. The molecule has 0 radical (unpaired) electrons. The number of para-hydroxylation sites is 1. The molecule has 6 rings (SSSR count). The predicted octanol–water partition coefficient (Wildman–Crippen LogP) is 5.03. The number of methoxy groups -OCH3 is 1. The summed E-state index contributed by atoms with van der Waals surface area (Å²) in [6.07, 6.45) is 0. The molecule has 4 aromatic rings. The molecule has 0 spiro atoms. The molecule has 0 saturated carbocycles. The van der Waals surface area contributed by atoms with Crippen molar-refractivity contribution in [2.45, 2.75) is 26.4 Å². The van der Waals surface area contributed by atoms with Crippen molar-refractivity contribution in [3.05, 3.63) is 124 Å². The molecule has 8 nitrogen and oxygen atoms in total. The van der Waals surface area contributed by atoms with Gasteiger partial charge in [-0.15, -0.1) is 0 Å². The number of amides is 1. The predicted molar refractivity (Wildman–Crippen MR) is 166 cm³/mol. The van der Waals surface area contributed by atoms with E-state index in [0.29, 0.717) is 43.1 Å². The molecule has 0 saturated heterocycles. The number of hydrogen-bond donors (Lipinski definition) is 0. The van der Waals surface area contributed by atoms with E-state index in [4.69, 9.17) is 32.7 Å². The Morgan fingerprint density at radius 2 is 1.79 bits per heavy atom. The lowest BCUT2D eigenvalue weighted by Crippen LogP contribution is -2.41. The highest BCUT2D eigenvalue weighted by Crippen LogP contribution is 2.39. The Kier molecular flexibility index (Phi) is 7.72. The van der Waals surface area contributed by atoms with Gasteiger partial charge in [-0.25, -0.2) is 9.79 Å². The lowest BCUT2D eigenvalue weighted by atomic mass is 9.95. The van der Waals surface area contributed by atoms with Crippen LogP contribution < -0.4 is 24.5 Å². The molecular formula is C32H25Cl2N3O5S. The Bertz CT molecular complexity index is 2030. The number of benzene rings is 3. The summed E-state index contributed by atoms with van der Waals surface area (Å²) in [6, 6.07) is 18.7. The van der Waals surface area contributed by atoms with Crippen LogP contribution in [-0.2, 0) is 20.9 Å². The quantitative estimate of drug-likeness (QED) is 0.278. The largest absolute Gasteiger partial charge is 0.496 e. The monoisotopic (exact) mass is 633 g/mol. The van der Waals surface area contributed by atoms with Gasteiger partial charge in [0.15, 0.2) is 4.80 Å². The first-order valence-corrected chi connectivity index (χ1v) is 15.0. The van der Waals surface area contributed by atoms with Crippen molar-refractivity contribution in [1.82, 2.24) is 4.57 Å². The number of carbonyl (C=O) groups is 2. The maximum atomic E-state index is 14.4. The Morgan fingerprint density at radius 1 is 1.05 bits per heavy atom. The average molecular weight is 635 g/mol. The number of aromatic nitrogens is 1. The summed E-state index contributed by atoms with van der Waals surface area (Å²) in [7, 11) is 1.50. The molecule has 2 aliphatic heterocycles. The topological polar surface area (TPSA) is 90.2 Å². The van der Waals surface area contributed by atoms with Crippen LogP contribution in [0.2, 0.25) is 10.0 Å². The van der Waals surface area contributed by atoms with Gasteiger partial charge in [0.25, 0.3) is 11.5 Å². The third-order valence-corrected chi connectivity index (χ3v) is 9.07. The minimum Gasteiger partial charge on any atom is -0.496 e. The highest BCUT2D eigenvalue weighted by Gasteiger charge is 2.38.